The van der Waals surface area contributed by atoms with Crippen LogP contribution in [0.25, 0.3) is 0 Å². The molecule has 1 aromatic carbocycles. The molecule has 1 aliphatic rings. The summed E-state index contributed by atoms with van der Waals surface area (Å²) in [5.41, 5.74) is -0.387. The van der Waals surface area contributed by atoms with E-state index in [-0.39, 0.29) is 17.4 Å². The predicted octanol–water partition coefficient (Wildman–Crippen LogP) is 3.71. The van der Waals surface area contributed by atoms with E-state index in [1.54, 1.807) is 0 Å². The summed E-state index contributed by atoms with van der Waals surface area (Å²) in [6, 6.07) is 5.04. The second kappa shape index (κ2) is 8.24. The summed E-state index contributed by atoms with van der Waals surface area (Å²) in [6.07, 6.45) is -1.06. The Hall–Kier alpha value is -2.23. The lowest BCUT2D eigenvalue weighted by Gasteiger charge is -2.34. The monoisotopic (exact) mass is 353 g/mol. The van der Waals surface area contributed by atoms with Gasteiger partial charge in [-0.3, -0.25) is 4.79 Å². The number of alkyl halides is 3. The van der Waals surface area contributed by atoms with Crippen molar-refractivity contribution in [1.82, 2.24) is 5.32 Å². The van der Waals surface area contributed by atoms with Crippen molar-refractivity contribution in [2.24, 2.45) is 5.92 Å². The van der Waals surface area contributed by atoms with Gasteiger partial charge in [-0.15, -0.1) is 0 Å². The average Bonchev–Trinajstić information content (AvgIpc) is 2.60. The number of unbranched alkanes of at least 4 members (excludes halogenated alkanes) is 1. The number of carbonyl (C=O) groups is 1. The van der Waals surface area contributed by atoms with Crippen molar-refractivity contribution in [2.75, 3.05) is 24.5 Å². The van der Waals surface area contributed by atoms with E-state index < -0.39 is 11.7 Å². The van der Waals surface area contributed by atoms with Crippen LogP contribution in [-0.4, -0.2) is 25.5 Å². The van der Waals surface area contributed by atoms with Crippen molar-refractivity contribution in [2.45, 2.75) is 38.8 Å². The lowest BCUT2D eigenvalue weighted by atomic mass is 9.95. The van der Waals surface area contributed by atoms with Crippen LogP contribution in [0.5, 0.6) is 0 Å². The summed E-state index contributed by atoms with van der Waals surface area (Å²) in [4.78, 5) is 14.1. The van der Waals surface area contributed by atoms with Crippen molar-refractivity contribution in [3.63, 3.8) is 0 Å². The molecule has 1 heterocycles. The maximum absolute atomic E-state index is 12.8. The Bertz CT molecular complexity index is 652. The highest BCUT2D eigenvalue weighted by Crippen LogP contribution is 2.34. The lowest BCUT2D eigenvalue weighted by Crippen LogP contribution is -2.43. The van der Waals surface area contributed by atoms with Crippen LogP contribution in [0.3, 0.4) is 0 Å². The van der Waals surface area contributed by atoms with E-state index in [9.17, 15) is 23.2 Å². The normalized spacial score (nSPS) is 17.9. The number of nitrogens with zero attached hydrogens (tertiary/aromatic N) is 2. The number of halogens is 3. The quantitative estimate of drug-likeness (QED) is 0.821. The molecule has 136 valence electrons. The smallest absolute Gasteiger partial charge is 0.370 e. The molecule has 0 radical (unpaired) electrons. The van der Waals surface area contributed by atoms with Crippen LogP contribution in [0, 0.1) is 17.2 Å². The number of rotatable bonds is 5. The number of hydrogen-bond donors (Lipinski definition) is 1. The molecule has 1 amide bonds. The molecular formula is C18H22F3N3O. The minimum atomic E-state index is -4.48. The molecule has 7 heteroatoms. The Balaban J connectivity index is 2.13. The van der Waals surface area contributed by atoms with Crippen molar-refractivity contribution < 1.29 is 18.0 Å². The fraction of sp³-hybridized carbons (Fsp3) is 0.556. The minimum absolute atomic E-state index is 0.0122. The topological polar surface area (TPSA) is 56.1 Å². The van der Waals surface area contributed by atoms with Crippen molar-refractivity contribution in [3.05, 3.63) is 29.3 Å². The standard InChI is InChI=1S/C18H22F3N3O/c1-2-3-8-23-17(25)13-5-4-9-24(12-13)16-7-6-15(18(19,20)21)10-14(16)11-22/h6-7,10,13H,2-5,8-9,12H2,1H3,(H,23,25). The maximum Gasteiger partial charge on any atom is 0.416 e. The first-order valence-electron chi connectivity index (χ1n) is 8.50. The van der Waals surface area contributed by atoms with Crippen molar-refractivity contribution >= 4 is 11.6 Å². The number of hydrogen-bond acceptors (Lipinski definition) is 3. The Labute approximate surface area is 145 Å². The van der Waals surface area contributed by atoms with Crippen LogP contribution in [-0.2, 0) is 11.0 Å². The number of amides is 1. The van der Waals surface area contributed by atoms with Gasteiger partial charge in [-0.1, -0.05) is 13.3 Å². The third-order valence-corrected chi connectivity index (χ3v) is 4.41. The van der Waals surface area contributed by atoms with E-state index in [4.69, 9.17) is 0 Å². The maximum atomic E-state index is 12.8. The zero-order chi connectivity index (χ0) is 18.4. The minimum Gasteiger partial charge on any atom is -0.370 e. The van der Waals surface area contributed by atoms with Gasteiger partial charge in [-0.25, -0.2) is 0 Å². The van der Waals surface area contributed by atoms with Crippen LogP contribution in [0.15, 0.2) is 18.2 Å². The third-order valence-electron chi connectivity index (χ3n) is 4.41. The van der Waals surface area contributed by atoms with E-state index in [0.717, 1.165) is 37.8 Å². The largest absolute Gasteiger partial charge is 0.416 e. The first-order chi connectivity index (χ1) is 11.9. The van der Waals surface area contributed by atoms with E-state index in [0.29, 0.717) is 25.3 Å². The molecule has 1 aliphatic heterocycles. The Kier molecular flexibility index (Phi) is 6.29. The van der Waals surface area contributed by atoms with Gasteiger partial charge in [0, 0.05) is 19.6 Å². The Morgan fingerprint density at radius 3 is 2.84 bits per heavy atom. The van der Waals surface area contributed by atoms with Gasteiger partial charge in [-0.05, 0) is 37.5 Å². The molecule has 1 atom stereocenters. The second-order valence-electron chi connectivity index (χ2n) is 6.27. The molecule has 0 bridgehead atoms. The molecule has 1 N–H and O–H groups in total. The molecule has 2 rings (SSSR count). The highest BCUT2D eigenvalue weighted by molar-refractivity contribution is 5.79. The summed E-state index contributed by atoms with van der Waals surface area (Å²) in [6.45, 7) is 3.72. The van der Waals surface area contributed by atoms with Gasteiger partial charge >= 0.3 is 6.18 Å². The summed E-state index contributed by atoms with van der Waals surface area (Å²) in [5, 5.41) is 12.1. The molecule has 0 aliphatic carbocycles. The van der Waals surface area contributed by atoms with Crippen molar-refractivity contribution in [3.8, 4) is 6.07 Å². The molecule has 4 nitrogen and oxygen atoms in total. The highest BCUT2D eigenvalue weighted by Gasteiger charge is 2.32. The molecule has 1 aromatic rings. The van der Waals surface area contributed by atoms with Crippen LogP contribution < -0.4 is 10.2 Å². The first kappa shape index (κ1) is 19.1. The molecular weight excluding hydrogens is 331 g/mol. The zero-order valence-corrected chi connectivity index (χ0v) is 14.2. The molecule has 0 saturated carbocycles. The fourth-order valence-electron chi connectivity index (χ4n) is 3.02. The summed E-state index contributed by atoms with van der Waals surface area (Å²) in [7, 11) is 0. The van der Waals surface area contributed by atoms with Crippen LogP contribution in [0.1, 0.15) is 43.7 Å². The number of anilines is 1. The van der Waals surface area contributed by atoms with Crippen LogP contribution in [0.2, 0.25) is 0 Å². The number of benzene rings is 1. The van der Waals surface area contributed by atoms with Crippen LogP contribution >= 0.6 is 0 Å². The SMILES string of the molecule is CCCCNC(=O)C1CCCN(c2ccc(C(F)(F)F)cc2C#N)C1. The molecule has 0 aromatic heterocycles. The van der Waals surface area contributed by atoms with Gasteiger partial charge in [0.05, 0.1) is 22.7 Å². The van der Waals surface area contributed by atoms with Gasteiger partial charge in [0.25, 0.3) is 0 Å². The zero-order valence-electron chi connectivity index (χ0n) is 14.2. The van der Waals surface area contributed by atoms with Gasteiger partial charge < -0.3 is 10.2 Å². The summed E-state index contributed by atoms with van der Waals surface area (Å²) in [5.74, 6) is -0.233. The molecule has 1 fully saturated rings. The molecule has 1 saturated heterocycles. The fourth-order valence-corrected chi connectivity index (χ4v) is 3.02. The Morgan fingerprint density at radius 2 is 2.20 bits per heavy atom. The lowest BCUT2D eigenvalue weighted by molar-refractivity contribution is -0.137. The summed E-state index contributed by atoms with van der Waals surface area (Å²) >= 11 is 0. The Morgan fingerprint density at radius 1 is 1.44 bits per heavy atom. The third kappa shape index (κ3) is 4.88. The second-order valence-corrected chi connectivity index (χ2v) is 6.27. The van der Waals surface area contributed by atoms with Gasteiger partial charge in [0.15, 0.2) is 0 Å². The van der Waals surface area contributed by atoms with E-state index in [2.05, 4.69) is 5.32 Å². The van der Waals surface area contributed by atoms with Gasteiger partial charge in [0.2, 0.25) is 5.91 Å². The molecule has 1 unspecified atom stereocenters. The van der Waals surface area contributed by atoms with Crippen molar-refractivity contribution in [1.29, 1.82) is 5.26 Å². The number of nitriles is 1. The predicted molar refractivity (Wildman–Crippen MR) is 89.0 cm³/mol. The molecule has 25 heavy (non-hydrogen) atoms. The highest BCUT2D eigenvalue weighted by atomic mass is 19.4. The van der Waals surface area contributed by atoms with Gasteiger partial charge in [0.1, 0.15) is 6.07 Å². The number of nitrogens with one attached hydrogen (secondary N) is 1. The molecule has 0 spiro atoms. The first-order valence-corrected chi connectivity index (χ1v) is 8.50. The number of carbonyl (C=O) groups excluding carboxylic acids is 1. The van der Waals surface area contributed by atoms with Gasteiger partial charge in [-0.2, -0.15) is 18.4 Å². The average molecular weight is 353 g/mol. The van der Waals surface area contributed by atoms with Crippen LogP contribution in [0.4, 0.5) is 18.9 Å². The van der Waals surface area contributed by atoms with E-state index >= 15 is 0 Å². The van der Waals surface area contributed by atoms with E-state index in [1.807, 2.05) is 17.9 Å². The van der Waals surface area contributed by atoms with E-state index in [1.165, 1.54) is 6.07 Å². The number of piperidine rings is 1. The summed E-state index contributed by atoms with van der Waals surface area (Å²) < 4.78 is 38.5.